The molecule has 1 amide bonds. The predicted octanol–water partition coefficient (Wildman–Crippen LogP) is 7.40. The van der Waals surface area contributed by atoms with Gasteiger partial charge in [0.1, 0.15) is 17.7 Å². The lowest BCUT2D eigenvalue weighted by atomic mass is 9.95. The van der Waals surface area contributed by atoms with Gasteiger partial charge >= 0.3 is 18.4 Å². The molecule has 2 atom stereocenters. The van der Waals surface area contributed by atoms with Crippen LogP contribution in [-0.2, 0) is 23.6 Å². The summed E-state index contributed by atoms with van der Waals surface area (Å²) in [6, 6.07) is 9.58. The number of aromatic nitrogens is 1. The lowest BCUT2D eigenvalue weighted by Gasteiger charge is -2.33. The second-order valence-electron chi connectivity index (χ2n) is 10.2. The molecule has 0 unspecified atom stereocenters. The number of carbonyl (C=O) groups is 1. The number of cyclic esters (lactones) is 1. The molecule has 1 aromatic heterocycles. The van der Waals surface area contributed by atoms with E-state index in [0.29, 0.717) is 35.0 Å². The molecule has 2 aliphatic heterocycles. The van der Waals surface area contributed by atoms with E-state index < -0.39 is 41.7 Å². The van der Waals surface area contributed by atoms with Gasteiger partial charge in [0, 0.05) is 24.2 Å². The Morgan fingerprint density at radius 3 is 2.20 bits per heavy atom. The van der Waals surface area contributed by atoms with Gasteiger partial charge in [-0.25, -0.2) is 9.78 Å². The van der Waals surface area contributed by atoms with Gasteiger partial charge in [-0.05, 0) is 61.7 Å². The fraction of sp³-hybridized carbons (Fsp3) is 0.379. The number of carbonyl (C=O) groups excluding carboxylic acids is 1. The van der Waals surface area contributed by atoms with E-state index in [9.17, 15) is 31.1 Å². The van der Waals surface area contributed by atoms with Crippen LogP contribution in [0.5, 0.6) is 5.75 Å². The number of para-hydroxylation sites is 1. The van der Waals surface area contributed by atoms with Gasteiger partial charge in [-0.1, -0.05) is 18.2 Å². The summed E-state index contributed by atoms with van der Waals surface area (Å²) in [4.78, 5) is 21.3. The minimum atomic E-state index is -5.02. The predicted molar refractivity (Wildman–Crippen MR) is 138 cm³/mol. The van der Waals surface area contributed by atoms with Gasteiger partial charge in [0.25, 0.3) is 0 Å². The number of aryl methyl sites for hydroxylation is 1. The molecule has 0 radical (unpaired) electrons. The average Bonchev–Trinajstić information content (AvgIpc) is 3.15. The number of benzene rings is 2. The summed E-state index contributed by atoms with van der Waals surface area (Å²) in [5.41, 5.74) is -0.516. The van der Waals surface area contributed by atoms with Crippen molar-refractivity contribution in [1.29, 1.82) is 0 Å². The zero-order valence-corrected chi connectivity index (χ0v) is 22.4. The Labute approximate surface area is 232 Å². The third-order valence-corrected chi connectivity index (χ3v) is 7.49. The smallest absolute Gasteiger partial charge is 0.416 e. The highest BCUT2D eigenvalue weighted by Crippen LogP contribution is 2.42. The number of anilines is 1. The zero-order chi connectivity index (χ0) is 29.7. The second kappa shape index (κ2) is 10.5. The maximum absolute atomic E-state index is 13.5. The number of alkyl halides is 6. The molecular formula is C29H27F6N3O3. The molecule has 0 spiro atoms. The van der Waals surface area contributed by atoms with Gasteiger partial charge in [-0.2, -0.15) is 26.3 Å². The third-order valence-electron chi connectivity index (χ3n) is 7.49. The number of hydrogen-bond donors (Lipinski definition) is 0. The fourth-order valence-electron chi connectivity index (χ4n) is 5.22. The summed E-state index contributed by atoms with van der Waals surface area (Å²) >= 11 is 0. The quantitative estimate of drug-likeness (QED) is 0.285. The Balaban J connectivity index is 1.55. The first-order valence-corrected chi connectivity index (χ1v) is 12.9. The van der Waals surface area contributed by atoms with Gasteiger partial charge in [-0.3, -0.25) is 4.90 Å². The average molecular weight is 580 g/mol. The van der Waals surface area contributed by atoms with Crippen LogP contribution in [0.3, 0.4) is 0 Å². The highest BCUT2D eigenvalue weighted by atomic mass is 19.4. The summed E-state index contributed by atoms with van der Waals surface area (Å²) in [6.07, 6.45) is -11.3. The summed E-state index contributed by atoms with van der Waals surface area (Å²) < 4.78 is 91.9. The molecule has 2 saturated heterocycles. The van der Waals surface area contributed by atoms with E-state index in [2.05, 4.69) is 4.90 Å². The van der Waals surface area contributed by atoms with Crippen LogP contribution < -0.4 is 9.64 Å². The molecule has 5 rings (SSSR count). The van der Waals surface area contributed by atoms with Crippen LogP contribution in [0, 0.1) is 6.92 Å². The number of amides is 1. The van der Waals surface area contributed by atoms with E-state index in [1.54, 1.807) is 6.07 Å². The SMILES string of the molecule is COc1ccccc1-c1c(C)cc(N2CCC2)nc1CN1C(=O)O[C@H](c2cc(C(F)(F)F)cc(C(F)(F)F)c2)[C@@H]1C. The van der Waals surface area contributed by atoms with Crippen molar-refractivity contribution >= 4 is 11.9 Å². The Hall–Kier alpha value is -3.96. The van der Waals surface area contributed by atoms with Crippen LogP contribution in [-0.4, -0.2) is 42.2 Å². The number of methoxy groups -OCH3 is 1. The van der Waals surface area contributed by atoms with Crippen molar-refractivity contribution in [2.45, 2.75) is 51.3 Å². The normalized spacial score (nSPS) is 19.3. The van der Waals surface area contributed by atoms with E-state index in [-0.39, 0.29) is 18.2 Å². The van der Waals surface area contributed by atoms with Gasteiger partial charge < -0.3 is 14.4 Å². The molecule has 12 heteroatoms. The first kappa shape index (κ1) is 28.6. The minimum absolute atomic E-state index is 0.0518. The van der Waals surface area contributed by atoms with E-state index in [1.165, 1.54) is 18.9 Å². The number of nitrogens with zero attached hydrogens (tertiary/aromatic N) is 3. The molecule has 0 aliphatic carbocycles. The van der Waals surface area contributed by atoms with Gasteiger partial charge in [0.15, 0.2) is 0 Å². The summed E-state index contributed by atoms with van der Waals surface area (Å²) in [5.74, 6) is 1.29. The van der Waals surface area contributed by atoms with Crippen molar-refractivity contribution in [3.63, 3.8) is 0 Å². The second-order valence-corrected chi connectivity index (χ2v) is 10.2. The molecule has 3 aromatic rings. The van der Waals surface area contributed by atoms with Crippen LogP contribution in [0.15, 0.2) is 48.5 Å². The summed E-state index contributed by atoms with van der Waals surface area (Å²) in [5, 5.41) is 0. The van der Waals surface area contributed by atoms with Gasteiger partial charge in [0.2, 0.25) is 0 Å². The number of ether oxygens (including phenoxy) is 2. The first-order chi connectivity index (χ1) is 19.3. The Morgan fingerprint density at radius 1 is 1.00 bits per heavy atom. The number of hydrogen-bond acceptors (Lipinski definition) is 5. The largest absolute Gasteiger partial charge is 0.496 e. The van der Waals surface area contributed by atoms with Crippen LogP contribution in [0.25, 0.3) is 11.1 Å². The third kappa shape index (κ3) is 5.51. The molecule has 41 heavy (non-hydrogen) atoms. The standard InChI is InChI=1S/C29H27F6N3O3/c1-16-11-24(37-9-6-10-37)36-22(25(16)21-7-4-5-8-23(21)40-3)15-38-17(2)26(41-27(38)39)18-12-19(28(30,31)32)14-20(13-18)29(33,34)35/h4-5,7-8,11-14,17,26H,6,9-10,15H2,1-3H3/t17-,26-/m0/s1. The minimum Gasteiger partial charge on any atom is -0.496 e. The topological polar surface area (TPSA) is 54.9 Å². The van der Waals surface area contributed by atoms with Crippen molar-refractivity contribution in [3.05, 3.63) is 76.5 Å². The Kier molecular flexibility index (Phi) is 7.29. The van der Waals surface area contributed by atoms with Crippen LogP contribution in [0.4, 0.5) is 37.0 Å². The zero-order valence-electron chi connectivity index (χ0n) is 22.4. The molecule has 0 N–H and O–H groups in total. The van der Waals surface area contributed by atoms with Crippen molar-refractivity contribution < 1.29 is 40.6 Å². The Morgan fingerprint density at radius 2 is 1.63 bits per heavy atom. The van der Waals surface area contributed by atoms with E-state index >= 15 is 0 Å². The molecule has 6 nitrogen and oxygen atoms in total. The van der Waals surface area contributed by atoms with Gasteiger partial charge in [-0.15, -0.1) is 0 Å². The van der Waals surface area contributed by atoms with Crippen molar-refractivity contribution in [2.75, 3.05) is 25.1 Å². The Bertz CT molecular complexity index is 1440. The lowest BCUT2D eigenvalue weighted by Crippen LogP contribution is -2.38. The maximum atomic E-state index is 13.5. The molecule has 218 valence electrons. The van der Waals surface area contributed by atoms with E-state index in [1.807, 2.05) is 31.2 Å². The maximum Gasteiger partial charge on any atom is 0.416 e. The van der Waals surface area contributed by atoms with E-state index in [0.717, 1.165) is 30.6 Å². The number of halogens is 6. The molecule has 2 fully saturated rings. The number of pyridine rings is 1. The van der Waals surface area contributed by atoms with Crippen LogP contribution in [0.1, 0.15) is 47.4 Å². The monoisotopic (exact) mass is 579 g/mol. The molecule has 0 saturated carbocycles. The molecule has 0 bridgehead atoms. The fourth-order valence-corrected chi connectivity index (χ4v) is 5.22. The van der Waals surface area contributed by atoms with Crippen LogP contribution >= 0.6 is 0 Å². The number of rotatable bonds is 6. The highest BCUT2D eigenvalue weighted by molar-refractivity contribution is 5.78. The summed E-state index contributed by atoms with van der Waals surface area (Å²) in [6.45, 7) is 4.99. The molecule has 2 aromatic carbocycles. The first-order valence-electron chi connectivity index (χ1n) is 12.9. The lowest BCUT2D eigenvalue weighted by molar-refractivity contribution is -0.143. The molecule has 2 aliphatic rings. The summed E-state index contributed by atoms with van der Waals surface area (Å²) in [7, 11) is 1.53. The van der Waals surface area contributed by atoms with Crippen molar-refractivity contribution in [1.82, 2.24) is 9.88 Å². The van der Waals surface area contributed by atoms with Crippen molar-refractivity contribution in [3.8, 4) is 16.9 Å². The van der Waals surface area contributed by atoms with Crippen LogP contribution in [0.2, 0.25) is 0 Å². The molecule has 3 heterocycles. The highest BCUT2D eigenvalue weighted by Gasteiger charge is 2.43. The molecular weight excluding hydrogens is 552 g/mol. The van der Waals surface area contributed by atoms with Gasteiger partial charge in [0.05, 0.1) is 36.5 Å². The van der Waals surface area contributed by atoms with Crippen molar-refractivity contribution in [2.24, 2.45) is 0 Å². The van der Waals surface area contributed by atoms with E-state index in [4.69, 9.17) is 14.5 Å².